The third-order valence-electron chi connectivity index (χ3n) is 2.26. The normalized spacial score (nSPS) is 15.3. The Morgan fingerprint density at radius 1 is 1.41 bits per heavy atom. The van der Waals surface area contributed by atoms with Gasteiger partial charge in [0.15, 0.2) is 11.6 Å². The van der Waals surface area contributed by atoms with Gasteiger partial charge in [0.25, 0.3) is 5.91 Å². The number of anilines is 1. The zero-order valence-corrected chi connectivity index (χ0v) is 11.3. The Labute approximate surface area is 112 Å². The molecule has 0 aliphatic carbocycles. The molecule has 1 aromatic carbocycles. The number of carbonyl (C=O) groups excluding carboxylic acids is 2. The van der Waals surface area contributed by atoms with Gasteiger partial charge in [0.05, 0.1) is 5.69 Å². The maximum atomic E-state index is 11.7. The van der Waals surface area contributed by atoms with Crippen LogP contribution in [0.4, 0.5) is 5.69 Å². The van der Waals surface area contributed by atoms with Gasteiger partial charge in [0, 0.05) is 10.5 Å². The summed E-state index contributed by atoms with van der Waals surface area (Å²) in [6.07, 6.45) is 0. The van der Waals surface area contributed by atoms with E-state index in [9.17, 15) is 9.59 Å². The van der Waals surface area contributed by atoms with Crippen LogP contribution in [0.15, 0.2) is 29.3 Å². The molecule has 0 fully saturated rings. The van der Waals surface area contributed by atoms with E-state index in [1.165, 1.54) is 11.9 Å². The number of benzene rings is 1. The number of carbonyl (C=O) groups is 2. The number of ketones is 1. The molecule has 0 atom stereocenters. The quantitative estimate of drug-likeness (QED) is 0.819. The molecule has 1 N–H and O–H groups in total. The third kappa shape index (κ3) is 2.63. The molecule has 0 unspecified atom stereocenters. The minimum Gasteiger partial charge on any atom is -0.291 e. The van der Waals surface area contributed by atoms with Gasteiger partial charge in [-0.1, -0.05) is 0 Å². The Bertz CT molecular complexity index is 496. The van der Waals surface area contributed by atoms with Crippen LogP contribution < -0.4 is 10.4 Å². The van der Waals surface area contributed by atoms with Crippen LogP contribution in [-0.2, 0) is 9.59 Å². The average Bonchev–Trinajstić information content (AvgIpc) is 2.31. The zero-order chi connectivity index (χ0) is 12.4. The molecule has 88 valence electrons. The molecule has 5 nitrogen and oxygen atoms in total. The maximum Gasteiger partial charge on any atom is 0.267 e. The first-order valence-electron chi connectivity index (χ1n) is 4.98. The molecule has 6 heteroatoms. The molecule has 1 aromatic rings. The largest absolute Gasteiger partial charge is 0.291 e. The SMILES string of the molecule is CC(=O)C1=NCC(=O)N(c2ccc(I)cc2)N1. The summed E-state index contributed by atoms with van der Waals surface area (Å²) in [5, 5.41) is 1.35. The van der Waals surface area contributed by atoms with Crippen molar-refractivity contribution in [3.05, 3.63) is 27.8 Å². The lowest BCUT2D eigenvalue weighted by Crippen LogP contribution is -2.53. The van der Waals surface area contributed by atoms with E-state index in [0.717, 1.165) is 3.57 Å². The minimum absolute atomic E-state index is 0.00605. The van der Waals surface area contributed by atoms with Crippen molar-refractivity contribution in [2.75, 3.05) is 11.6 Å². The molecular formula is C11H10IN3O2. The molecule has 0 saturated heterocycles. The van der Waals surface area contributed by atoms with Crippen molar-refractivity contribution in [3.8, 4) is 0 Å². The van der Waals surface area contributed by atoms with Gasteiger partial charge in [0.2, 0.25) is 0 Å². The van der Waals surface area contributed by atoms with Gasteiger partial charge in [0.1, 0.15) is 6.54 Å². The van der Waals surface area contributed by atoms with Crippen LogP contribution >= 0.6 is 22.6 Å². The third-order valence-corrected chi connectivity index (χ3v) is 2.98. The Morgan fingerprint density at radius 2 is 2.06 bits per heavy atom. The van der Waals surface area contributed by atoms with Gasteiger partial charge in [-0.25, -0.2) is 5.01 Å². The molecule has 0 bridgehead atoms. The van der Waals surface area contributed by atoms with Crippen LogP contribution in [0, 0.1) is 3.57 Å². The lowest BCUT2D eigenvalue weighted by Gasteiger charge is -2.27. The van der Waals surface area contributed by atoms with Crippen molar-refractivity contribution >= 4 is 45.8 Å². The number of hydrogen-bond acceptors (Lipinski definition) is 4. The van der Waals surface area contributed by atoms with E-state index in [0.29, 0.717) is 5.69 Å². The summed E-state index contributed by atoms with van der Waals surface area (Å²) >= 11 is 2.19. The number of hydrazine groups is 1. The predicted molar refractivity (Wildman–Crippen MR) is 72.8 cm³/mol. The van der Waals surface area contributed by atoms with Crippen molar-refractivity contribution in [2.24, 2.45) is 4.99 Å². The summed E-state index contributed by atoms with van der Waals surface area (Å²) in [6, 6.07) is 7.42. The first-order valence-corrected chi connectivity index (χ1v) is 6.06. The highest BCUT2D eigenvalue weighted by Crippen LogP contribution is 2.16. The summed E-state index contributed by atoms with van der Waals surface area (Å²) < 4.78 is 1.08. The number of hydrogen-bond donors (Lipinski definition) is 1. The van der Waals surface area contributed by atoms with Gasteiger partial charge >= 0.3 is 0 Å². The molecule has 1 aliphatic rings. The summed E-state index contributed by atoms with van der Waals surface area (Å²) in [5.41, 5.74) is 3.42. The van der Waals surface area contributed by atoms with Crippen molar-refractivity contribution in [1.82, 2.24) is 5.43 Å². The number of aliphatic imine (C=N–C) groups is 1. The zero-order valence-electron chi connectivity index (χ0n) is 9.11. The smallest absolute Gasteiger partial charge is 0.267 e. The van der Waals surface area contributed by atoms with Gasteiger partial charge in [-0.3, -0.25) is 20.0 Å². The molecular weight excluding hydrogens is 333 g/mol. The fourth-order valence-electron chi connectivity index (χ4n) is 1.41. The van der Waals surface area contributed by atoms with Crippen LogP contribution in [-0.4, -0.2) is 24.1 Å². The summed E-state index contributed by atoms with van der Waals surface area (Å²) in [4.78, 5) is 26.8. The van der Waals surface area contributed by atoms with Gasteiger partial charge < -0.3 is 0 Å². The van der Waals surface area contributed by atoms with Crippen molar-refractivity contribution in [3.63, 3.8) is 0 Å². The van der Waals surface area contributed by atoms with E-state index in [1.807, 2.05) is 24.3 Å². The fraction of sp³-hybridized carbons (Fsp3) is 0.182. The fourth-order valence-corrected chi connectivity index (χ4v) is 1.77. The van der Waals surface area contributed by atoms with E-state index >= 15 is 0 Å². The molecule has 0 radical (unpaired) electrons. The number of halogens is 1. The molecule has 1 amide bonds. The molecule has 1 aliphatic heterocycles. The standard InChI is InChI=1S/C11H10IN3O2/c1-7(16)11-13-6-10(17)15(14-11)9-4-2-8(12)3-5-9/h2-5H,6H2,1H3,(H,13,14). The highest BCUT2D eigenvalue weighted by Gasteiger charge is 2.23. The van der Waals surface area contributed by atoms with Crippen LogP contribution in [0.5, 0.6) is 0 Å². The Balaban J connectivity index is 2.27. The van der Waals surface area contributed by atoms with Gasteiger partial charge in [-0.15, -0.1) is 0 Å². The van der Waals surface area contributed by atoms with E-state index in [2.05, 4.69) is 33.0 Å². The topological polar surface area (TPSA) is 61.8 Å². The second-order valence-corrected chi connectivity index (χ2v) is 4.78. The summed E-state index contributed by atoms with van der Waals surface area (Å²) in [6.45, 7) is 1.40. The minimum atomic E-state index is -0.187. The number of nitrogens with zero attached hydrogens (tertiary/aromatic N) is 2. The molecule has 0 aromatic heterocycles. The van der Waals surface area contributed by atoms with Crippen molar-refractivity contribution in [1.29, 1.82) is 0 Å². The number of nitrogens with one attached hydrogen (secondary N) is 1. The maximum absolute atomic E-state index is 11.7. The molecule has 2 rings (SSSR count). The van der Waals surface area contributed by atoms with Crippen molar-refractivity contribution < 1.29 is 9.59 Å². The Morgan fingerprint density at radius 3 is 2.65 bits per heavy atom. The summed E-state index contributed by atoms with van der Waals surface area (Å²) in [5.74, 6) is -0.160. The van der Waals surface area contributed by atoms with E-state index in [-0.39, 0.29) is 24.1 Å². The molecule has 17 heavy (non-hydrogen) atoms. The number of amidine groups is 1. The highest BCUT2D eigenvalue weighted by molar-refractivity contribution is 14.1. The monoisotopic (exact) mass is 343 g/mol. The van der Waals surface area contributed by atoms with Crippen LogP contribution in [0.2, 0.25) is 0 Å². The lowest BCUT2D eigenvalue weighted by atomic mass is 10.3. The van der Waals surface area contributed by atoms with E-state index < -0.39 is 0 Å². The highest BCUT2D eigenvalue weighted by atomic mass is 127. The molecule has 0 saturated carbocycles. The molecule has 0 spiro atoms. The Hall–Kier alpha value is -1.44. The van der Waals surface area contributed by atoms with Crippen LogP contribution in [0.1, 0.15) is 6.92 Å². The lowest BCUT2D eigenvalue weighted by molar-refractivity contribution is -0.118. The number of amides is 1. The first kappa shape index (κ1) is 12.0. The first-order chi connectivity index (χ1) is 8.08. The second kappa shape index (κ2) is 4.82. The Kier molecular flexibility index (Phi) is 3.41. The van der Waals surface area contributed by atoms with E-state index in [4.69, 9.17) is 0 Å². The molecule has 1 heterocycles. The van der Waals surface area contributed by atoms with E-state index in [1.54, 1.807) is 0 Å². The predicted octanol–water partition coefficient (Wildman–Crippen LogP) is 1.13. The second-order valence-electron chi connectivity index (χ2n) is 3.54. The van der Waals surface area contributed by atoms with Crippen LogP contribution in [0.3, 0.4) is 0 Å². The number of Topliss-reactive ketones (excluding diaryl/α,β-unsaturated/α-hetero) is 1. The van der Waals surface area contributed by atoms with Gasteiger partial charge in [-0.2, -0.15) is 0 Å². The van der Waals surface area contributed by atoms with Gasteiger partial charge in [-0.05, 0) is 46.9 Å². The van der Waals surface area contributed by atoms with Crippen molar-refractivity contribution in [2.45, 2.75) is 6.92 Å². The van der Waals surface area contributed by atoms with Crippen LogP contribution in [0.25, 0.3) is 0 Å². The average molecular weight is 343 g/mol. The number of rotatable bonds is 2. The summed E-state index contributed by atoms with van der Waals surface area (Å²) in [7, 11) is 0.